The van der Waals surface area contributed by atoms with Crippen LogP contribution in [-0.2, 0) is 4.79 Å². The monoisotopic (exact) mass is 225 g/mol. The number of ketones is 1. The molecular weight excluding hydrogens is 198 g/mol. The minimum absolute atomic E-state index is 0.0749. The largest absolute Gasteiger partial charge is 0.303 e. The standard InChI is InChI=1S/C14H27NO/c1-5-10-15(6-2)11-12-8-7-9-14(3,4)13(12)16/h12H,5-11H2,1-4H3. The average Bonchev–Trinajstić information content (AvgIpc) is 2.24. The highest BCUT2D eigenvalue weighted by atomic mass is 16.1. The van der Waals surface area contributed by atoms with Crippen molar-refractivity contribution in [3.05, 3.63) is 0 Å². The zero-order valence-electron chi connectivity index (χ0n) is 11.4. The van der Waals surface area contributed by atoms with E-state index in [4.69, 9.17) is 0 Å². The van der Waals surface area contributed by atoms with E-state index in [0.29, 0.717) is 5.78 Å². The molecule has 0 aromatic rings. The van der Waals surface area contributed by atoms with E-state index in [1.54, 1.807) is 0 Å². The molecular formula is C14H27NO. The Labute approximate surface area is 100 Å². The van der Waals surface area contributed by atoms with Gasteiger partial charge in [0.15, 0.2) is 0 Å². The highest BCUT2D eigenvalue weighted by molar-refractivity contribution is 5.87. The molecule has 94 valence electrons. The number of hydrogen-bond donors (Lipinski definition) is 0. The van der Waals surface area contributed by atoms with Crippen LogP contribution >= 0.6 is 0 Å². The van der Waals surface area contributed by atoms with Crippen molar-refractivity contribution in [3.8, 4) is 0 Å². The fourth-order valence-corrected chi connectivity index (χ4v) is 2.78. The number of carbonyl (C=O) groups excluding carboxylic acids is 1. The minimum Gasteiger partial charge on any atom is -0.303 e. The Bertz CT molecular complexity index is 235. The van der Waals surface area contributed by atoms with Gasteiger partial charge in [-0.15, -0.1) is 0 Å². The van der Waals surface area contributed by atoms with E-state index < -0.39 is 0 Å². The summed E-state index contributed by atoms with van der Waals surface area (Å²) in [7, 11) is 0. The average molecular weight is 225 g/mol. The van der Waals surface area contributed by atoms with Crippen LogP contribution in [0.3, 0.4) is 0 Å². The molecule has 0 saturated heterocycles. The van der Waals surface area contributed by atoms with Crippen LogP contribution in [0.4, 0.5) is 0 Å². The summed E-state index contributed by atoms with van der Waals surface area (Å²) in [6.45, 7) is 11.8. The Morgan fingerprint density at radius 3 is 2.62 bits per heavy atom. The maximum Gasteiger partial charge on any atom is 0.142 e. The molecule has 0 aliphatic heterocycles. The van der Waals surface area contributed by atoms with Gasteiger partial charge in [-0.1, -0.05) is 34.1 Å². The summed E-state index contributed by atoms with van der Waals surface area (Å²) in [4.78, 5) is 14.7. The lowest BCUT2D eigenvalue weighted by atomic mass is 9.71. The minimum atomic E-state index is -0.0749. The summed E-state index contributed by atoms with van der Waals surface area (Å²) in [5.41, 5.74) is -0.0749. The quantitative estimate of drug-likeness (QED) is 0.716. The van der Waals surface area contributed by atoms with E-state index in [9.17, 15) is 4.79 Å². The van der Waals surface area contributed by atoms with E-state index in [2.05, 4.69) is 32.6 Å². The van der Waals surface area contributed by atoms with Gasteiger partial charge in [-0.25, -0.2) is 0 Å². The zero-order valence-corrected chi connectivity index (χ0v) is 11.4. The lowest BCUT2D eigenvalue weighted by molar-refractivity contribution is -0.135. The van der Waals surface area contributed by atoms with Gasteiger partial charge in [0, 0.05) is 17.9 Å². The predicted molar refractivity (Wildman–Crippen MR) is 68.5 cm³/mol. The number of carbonyl (C=O) groups is 1. The molecule has 0 aromatic heterocycles. The molecule has 2 heteroatoms. The van der Waals surface area contributed by atoms with Gasteiger partial charge in [-0.3, -0.25) is 4.79 Å². The van der Waals surface area contributed by atoms with Gasteiger partial charge >= 0.3 is 0 Å². The third kappa shape index (κ3) is 3.31. The SMILES string of the molecule is CCCN(CC)CC1CCCC(C)(C)C1=O. The van der Waals surface area contributed by atoms with Crippen molar-refractivity contribution in [2.45, 2.75) is 53.4 Å². The zero-order chi connectivity index (χ0) is 12.2. The Kier molecular flexibility index (Phi) is 4.97. The van der Waals surface area contributed by atoms with Crippen LogP contribution in [0.25, 0.3) is 0 Å². The molecule has 16 heavy (non-hydrogen) atoms. The molecule has 0 aromatic carbocycles. The first kappa shape index (κ1) is 13.7. The van der Waals surface area contributed by atoms with Crippen molar-refractivity contribution in [1.29, 1.82) is 0 Å². The Morgan fingerprint density at radius 1 is 1.38 bits per heavy atom. The maximum atomic E-state index is 12.3. The molecule has 1 rings (SSSR count). The molecule has 0 heterocycles. The lowest BCUT2D eigenvalue weighted by Gasteiger charge is -2.36. The third-order valence-electron chi connectivity index (χ3n) is 3.86. The fourth-order valence-electron chi connectivity index (χ4n) is 2.78. The Balaban J connectivity index is 2.55. The summed E-state index contributed by atoms with van der Waals surface area (Å²) in [5, 5.41) is 0. The molecule has 1 saturated carbocycles. The number of nitrogens with zero attached hydrogens (tertiary/aromatic N) is 1. The van der Waals surface area contributed by atoms with Gasteiger partial charge in [0.05, 0.1) is 0 Å². The van der Waals surface area contributed by atoms with Gasteiger partial charge in [0.25, 0.3) is 0 Å². The smallest absolute Gasteiger partial charge is 0.142 e. The number of hydrogen-bond acceptors (Lipinski definition) is 2. The molecule has 0 N–H and O–H groups in total. The fraction of sp³-hybridized carbons (Fsp3) is 0.929. The molecule has 0 spiro atoms. The predicted octanol–water partition coefficient (Wildman–Crippen LogP) is 3.11. The van der Waals surface area contributed by atoms with E-state index in [1.165, 1.54) is 12.8 Å². The third-order valence-corrected chi connectivity index (χ3v) is 3.86. The van der Waals surface area contributed by atoms with Crippen molar-refractivity contribution in [3.63, 3.8) is 0 Å². The highest BCUT2D eigenvalue weighted by Crippen LogP contribution is 2.35. The summed E-state index contributed by atoms with van der Waals surface area (Å²) in [6, 6.07) is 0. The highest BCUT2D eigenvalue weighted by Gasteiger charge is 2.37. The Morgan fingerprint density at radius 2 is 2.06 bits per heavy atom. The van der Waals surface area contributed by atoms with E-state index in [1.807, 2.05) is 0 Å². The van der Waals surface area contributed by atoms with Crippen LogP contribution < -0.4 is 0 Å². The maximum absolute atomic E-state index is 12.3. The molecule has 0 radical (unpaired) electrons. The second-order valence-corrected chi connectivity index (χ2v) is 5.73. The Hall–Kier alpha value is -0.370. The van der Waals surface area contributed by atoms with Crippen LogP contribution in [0.15, 0.2) is 0 Å². The van der Waals surface area contributed by atoms with Crippen molar-refractivity contribution < 1.29 is 4.79 Å². The first-order valence-electron chi connectivity index (χ1n) is 6.78. The molecule has 1 aliphatic carbocycles. The van der Waals surface area contributed by atoms with E-state index >= 15 is 0 Å². The molecule has 0 amide bonds. The van der Waals surface area contributed by atoms with Crippen LogP contribution in [0, 0.1) is 11.3 Å². The van der Waals surface area contributed by atoms with Crippen LogP contribution in [-0.4, -0.2) is 30.3 Å². The lowest BCUT2D eigenvalue weighted by Crippen LogP contribution is -2.41. The van der Waals surface area contributed by atoms with Crippen LogP contribution in [0.5, 0.6) is 0 Å². The molecule has 1 atom stereocenters. The van der Waals surface area contributed by atoms with Crippen molar-refractivity contribution >= 4 is 5.78 Å². The van der Waals surface area contributed by atoms with Crippen molar-refractivity contribution in [1.82, 2.24) is 4.90 Å². The topological polar surface area (TPSA) is 20.3 Å². The van der Waals surface area contributed by atoms with Gasteiger partial charge < -0.3 is 4.90 Å². The molecule has 0 bridgehead atoms. The van der Waals surface area contributed by atoms with Crippen LogP contribution in [0.2, 0.25) is 0 Å². The van der Waals surface area contributed by atoms with Crippen molar-refractivity contribution in [2.24, 2.45) is 11.3 Å². The normalized spacial score (nSPS) is 25.1. The van der Waals surface area contributed by atoms with E-state index in [0.717, 1.165) is 32.5 Å². The first-order chi connectivity index (χ1) is 7.51. The number of Topliss-reactive ketones (excluding diaryl/α,β-unsaturated/α-hetero) is 1. The van der Waals surface area contributed by atoms with Gasteiger partial charge in [-0.05, 0) is 32.4 Å². The van der Waals surface area contributed by atoms with Gasteiger partial charge in [0.1, 0.15) is 5.78 Å². The van der Waals surface area contributed by atoms with Gasteiger partial charge in [0.2, 0.25) is 0 Å². The summed E-state index contributed by atoms with van der Waals surface area (Å²) in [6.07, 6.45) is 4.57. The summed E-state index contributed by atoms with van der Waals surface area (Å²) >= 11 is 0. The second kappa shape index (κ2) is 5.81. The van der Waals surface area contributed by atoms with Crippen LogP contribution in [0.1, 0.15) is 53.4 Å². The summed E-state index contributed by atoms with van der Waals surface area (Å²) in [5.74, 6) is 0.781. The second-order valence-electron chi connectivity index (χ2n) is 5.73. The van der Waals surface area contributed by atoms with Gasteiger partial charge in [-0.2, -0.15) is 0 Å². The molecule has 1 fully saturated rings. The summed E-state index contributed by atoms with van der Waals surface area (Å²) < 4.78 is 0. The number of rotatable bonds is 5. The molecule has 1 unspecified atom stereocenters. The molecule has 1 aliphatic rings. The van der Waals surface area contributed by atoms with Crippen molar-refractivity contribution in [2.75, 3.05) is 19.6 Å². The molecule has 2 nitrogen and oxygen atoms in total. The first-order valence-corrected chi connectivity index (χ1v) is 6.78. The van der Waals surface area contributed by atoms with E-state index in [-0.39, 0.29) is 11.3 Å².